The summed E-state index contributed by atoms with van der Waals surface area (Å²) in [5, 5.41) is 15.3. The molecule has 0 saturated carbocycles. The van der Waals surface area contributed by atoms with Crippen molar-refractivity contribution in [3.8, 4) is 0 Å². The monoisotopic (exact) mass is 250 g/mol. The van der Waals surface area contributed by atoms with Gasteiger partial charge in [-0.25, -0.2) is 0 Å². The van der Waals surface area contributed by atoms with Gasteiger partial charge < -0.3 is 0 Å². The van der Waals surface area contributed by atoms with Crippen molar-refractivity contribution in [1.29, 1.82) is 0 Å². The molecule has 2 aromatic heterocycles. The van der Waals surface area contributed by atoms with E-state index in [1.807, 2.05) is 32.5 Å². The van der Waals surface area contributed by atoms with E-state index in [9.17, 15) is 0 Å². The summed E-state index contributed by atoms with van der Waals surface area (Å²) in [6, 6.07) is 0. The van der Waals surface area contributed by atoms with E-state index in [2.05, 4.69) is 20.4 Å². The number of nitrogens with one attached hydrogen (secondary N) is 1. The quantitative estimate of drug-likeness (QED) is 0.648. The van der Waals surface area contributed by atoms with Crippen LogP contribution in [0.2, 0.25) is 0 Å². The van der Waals surface area contributed by atoms with Crippen LogP contribution in [-0.4, -0.2) is 30.9 Å². The number of hydrogen-bond acceptors (Lipinski definition) is 4. The molecule has 0 aliphatic carbocycles. The summed E-state index contributed by atoms with van der Waals surface area (Å²) in [6.07, 6.45) is 1.76. The minimum atomic E-state index is 0.484. The molecule has 0 aliphatic heterocycles. The second-order valence-corrected chi connectivity index (χ2v) is 4.23. The lowest BCUT2D eigenvalue weighted by atomic mass is 10.2. The Hall–Kier alpha value is -1.76. The van der Waals surface area contributed by atoms with E-state index in [0.717, 1.165) is 22.8 Å². The number of aromatic amines is 1. The van der Waals surface area contributed by atoms with Gasteiger partial charge in [0.05, 0.1) is 11.9 Å². The molecule has 2 heterocycles. The number of hydrogen-bond donors (Lipinski definition) is 1. The maximum absolute atomic E-state index is 5.07. The Morgan fingerprint density at radius 2 is 2.06 bits per heavy atom. The number of H-pyrrole nitrogens is 1. The molecule has 0 saturated heterocycles. The molecular weight excluding hydrogens is 236 g/mol. The van der Waals surface area contributed by atoms with Crippen molar-refractivity contribution in [2.75, 3.05) is 0 Å². The molecule has 1 N–H and O–H groups in total. The van der Waals surface area contributed by atoms with E-state index in [-0.39, 0.29) is 0 Å². The van der Waals surface area contributed by atoms with Crippen LogP contribution >= 0.6 is 12.2 Å². The molecule has 0 unspecified atom stereocenters. The van der Waals surface area contributed by atoms with Gasteiger partial charge >= 0.3 is 0 Å². The summed E-state index contributed by atoms with van der Waals surface area (Å²) in [5.41, 5.74) is 3.02. The molecule has 0 fully saturated rings. The van der Waals surface area contributed by atoms with Crippen molar-refractivity contribution in [2.45, 2.75) is 20.8 Å². The summed E-state index contributed by atoms with van der Waals surface area (Å²) in [7, 11) is 1.91. The standard InChI is InChI=1S/C10H14N6S/c1-6-9(7(2)15(4)14-6)5-11-16-8(3)12-13-10(16)17/h5H,1-4H3,(H,13,17)/b11-5-. The molecule has 0 aromatic carbocycles. The predicted octanol–water partition coefficient (Wildman–Crippen LogP) is 1.48. The van der Waals surface area contributed by atoms with E-state index in [1.54, 1.807) is 10.9 Å². The van der Waals surface area contributed by atoms with Gasteiger partial charge in [0.25, 0.3) is 0 Å². The van der Waals surface area contributed by atoms with Crippen LogP contribution in [0, 0.1) is 25.5 Å². The van der Waals surface area contributed by atoms with Crippen molar-refractivity contribution in [2.24, 2.45) is 12.1 Å². The minimum Gasteiger partial charge on any atom is -0.272 e. The average Bonchev–Trinajstić information content (AvgIpc) is 2.70. The average molecular weight is 250 g/mol. The fraction of sp³-hybridized carbons (Fsp3) is 0.400. The molecule has 7 heteroatoms. The van der Waals surface area contributed by atoms with Crippen LogP contribution in [0.3, 0.4) is 0 Å². The molecule has 2 aromatic rings. The zero-order chi connectivity index (χ0) is 12.6. The van der Waals surface area contributed by atoms with Crippen LogP contribution in [0.15, 0.2) is 5.10 Å². The zero-order valence-corrected chi connectivity index (χ0v) is 11.0. The van der Waals surface area contributed by atoms with Crippen molar-refractivity contribution in [3.63, 3.8) is 0 Å². The predicted molar refractivity (Wildman–Crippen MR) is 67.8 cm³/mol. The molecule has 17 heavy (non-hydrogen) atoms. The second-order valence-electron chi connectivity index (χ2n) is 3.84. The van der Waals surface area contributed by atoms with Crippen molar-refractivity contribution >= 4 is 18.4 Å². The third-order valence-corrected chi connectivity index (χ3v) is 2.94. The molecule has 2 rings (SSSR count). The smallest absolute Gasteiger partial charge is 0.216 e. The maximum atomic E-state index is 5.07. The largest absolute Gasteiger partial charge is 0.272 e. The highest BCUT2D eigenvalue weighted by Crippen LogP contribution is 2.09. The molecule has 0 bridgehead atoms. The van der Waals surface area contributed by atoms with Gasteiger partial charge in [0.1, 0.15) is 5.82 Å². The number of aromatic nitrogens is 5. The molecule has 0 spiro atoms. The summed E-state index contributed by atoms with van der Waals surface area (Å²) in [6.45, 7) is 5.80. The van der Waals surface area contributed by atoms with E-state index in [4.69, 9.17) is 12.2 Å². The Morgan fingerprint density at radius 3 is 2.53 bits per heavy atom. The fourth-order valence-corrected chi connectivity index (χ4v) is 1.82. The maximum Gasteiger partial charge on any atom is 0.216 e. The highest BCUT2D eigenvalue weighted by Gasteiger charge is 2.07. The first-order valence-corrected chi connectivity index (χ1v) is 5.60. The molecular formula is C10H14N6S. The number of rotatable bonds is 2. The van der Waals surface area contributed by atoms with Gasteiger partial charge in [-0.1, -0.05) is 0 Å². The fourth-order valence-electron chi connectivity index (χ4n) is 1.60. The van der Waals surface area contributed by atoms with E-state index in [1.165, 1.54) is 0 Å². The molecule has 0 aliphatic rings. The van der Waals surface area contributed by atoms with Gasteiger partial charge in [-0.2, -0.15) is 20.0 Å². The number of aryl methyl sites for hydroxylation is 3. The van der Waals surface area contributed by atoms with Gasteiger partial charge in [-0.3, -0.25) is 9.78 Å². The third-order valence-electron chi connectivity index (χ3n) is 2.68. The minimum absolute atomic E-state index is 0.484. The highest BCUT2D eigenvalue weighted by molar-refractivity contribution is 7.71. The summed E-state index contributed by atoms with van der Waals surface area (Å²) >= 11 is 5.07. The Kier molecular flexibility index (Phi) is 2.93. The first-order chi connectivity index (χ1) is 8.00. The summed E-state index contributed by atoms with van der Waals surface area (Å²) in [5.74, 6) is 0.727. The Labute approximate surface area is 104 Å². The van der Waals surface area contributed by atoms with Crippen LogP contribution in [0.25, 0.3) is 0 Å². The van der Waals surface area contributed by atoms with Crippen LogP contribution in [0.1, 0.15) is 22.8 Å². The van der Waals surface area contributed by atoms with E-state index in [0.29, 0.717) is 4.77 Å². The van der Waals surface area contributed by atoms with Crippen molar-refractivity contribution in [3.05, 3.63) is 27.5 Å². The molecule has 6 nitrogen and oxygen atoms in total. The van der Waals surface area contributed by atoms with Crippen LogP contribution < -0.4 is 0 Å². The second kappa shape index (κ2) is 4.25. The van der Waals surface area contributed by atoms with Gasteiger partial charge in [-0.05, 0) is 33.0 Å². The van der Waals surface area contributed by atoms with Gasteiger partial charge in [0.15, 0.2) is 0 Å². The Morgan fingerprint density at radius 1 is 1.35 bits per heavy atom. The molecule has 90 valence electrons. The molecule has 0 amide bonds. The lowest BCUT2D eigenvalue weighted by Gasteiger charge is -1.96. The lowest BCUT2D eigenvalue weighted by molar-refractivity contribution is 0.731. The summed E-state index contributed by atoms with van der Waals surface area (Å²) < 4.78 is 3.90. The Balaban J connectivity index is 2.42. The highest BCUT2D eigenvalue weighted by atomic mass is 32.1. The van der Waals surface area contributed by atoms with Gasteiger partial charge in [0.2, 0.25) is 4.77 Å². The van der Waals surface area contributed by atoms with E-state index < -0.39 is 0 Å². The Bertz CT molecular complexity index is 630. The van der Waals surface area contributed by atoms with Crippen molar-refractivity contribution < 1.29 is 0 Å². The third kappa shape index (κ3) is 2.05. The summed E-state index contributed by atoms with van der Waals surface area (Å²) in [4.78, 5) is 0. The van der Waals surface area contributed by atoms with Crippen LogP contribution in [-0.2, 0) is 7.05 Å². The topological polar surface area (TPSA) is 63.8 Å². The molecule has 0 atom stereocenters. The molecule has 0 radical (unpaired) electrons. The first-order valence-electron chi connectivity index (χ1n) is 5.19. The number of nitrogens with zero attached hydrogens (tertiary/aromatic N) is 5. The lowest BCUT2D eigenvalue weighted by Crippen LogP contribution is -1.96. The van der Waals surface area contributed by atoms with E-state index >= 15 is 0 Å². The van der Waals surface area contributed by atoms with Gasteiger partial charge in [-0.15, -0.1) is 0 Å². The normalized spacial score (nSPS) is 11.5. The van der Waals surface area contributed by atoms with Crippen LogP contribution in [0.5, 0.6) is 0 Å². The SMILES string of the molecule is Cc1nn(C)c(C)c1/C=N\n1c(C)n[nH]c1=S. The first kappa shape index (κ1) is 11.7. The zero-order valence-electron chi connectivity index (χ0n) is 10.2. The van der Waals surface area contributed by atoms with Crippen molar-refractivity contribution in [1.82, 2.24) is 24.7 Å². The van der Waals surface area contributed by atoms with Crippen LogP contribution in [0.4, 0.5) is 0 Å². The van der Waals surface area contributed by atoms with Gasteiger partial charge in [0, 0.05) is 18.3 Å².